The van der Waals surface area contributed by atoms with Crippen LogP contribution in [0.5, 0.6) is 0 Å². The summed E-state index contributed by atoms with van der Waals surface area (Å²) < 4.78 is 33.9. The Morgan fingerprint density at radius 1 is 1.14 bits per heavy atom. The van der Waals surface area contributed by atoms with Gasteiger partial charge in [0.15, 0.2) is 5.82 Å². The lowest BCUT2D eigenvalue weighted by molar-refractivity contribution is -0.129. The van der Waals surface area contributed by atoms with Crippen LogP contribution >= 0.6 is 11.6 Å². The van der Waals surface area contributed by atoms with Crippen LogP contribution in [0, 0.1) is 17.6 Å². The topological polar surface area (TPSA) is 101 Å². The van der Waals surface area contributed by atoms with Gasteiger partial charge in [-0.2, -0.15) is 0 Å². The van der Waals surface area contributed by atoms with Crippen molar-refractivity contribution < 1.29 is 27.9 Å². The highest BCUT2D eigenvalue weighted by molar-refractivity contribution is 6.31. The van der Waals surface area contributed by atoms with E-state index in [9.17, 15) is 23.2 Å². The lowest BCUT2D eigenvalue weighted by Crippen LogP contribution is -2.38. The summed E-state index contributed by atoms with van der Waals surface area (Å²) in [6, 6.07) is 10.6. The fourth-order valence-corrected chi connectivity index (χ4v) is 5.55. The molecule has 0 fully saturated rings. The van der Waals surface area contributed by atoms with Gasteiger partial charge in [-0.3, -0.25) is 19.9 Å². The zero-order valence-corrected chi connectivity index (χ0v) is 23.8. The molecule has 2 aliphatic rings. The Hall–Kier alpha value is -4.31. The molecule has 3 heterocycles. The Balaban J connectivity index is 1.52. The first-order valence-corrected chi connectivity index (χ1v) is 13.9. The number of methoxy groups -OCH3 is 1. The number of carbonyl (C=O) groups excluding carboxylic acids is 3. The van der Waals surface area contributed by atoms with E-state index in [2.05, 4.69) is 20.4 Å². The van der Waals surface area contributed by atoms with Crippen molar-refractivity contribution in [3.05, 3.63) is 82.7 Å². The number of halogens is 3. The SMILES string of the molecule is COC(=O)Nc1ccc2c(c1)NC(=O)[C@H](C)CCCC(N1CCC(c3c(F)ccc(Cl)c3F)=CC1=O)c1cc-2ccn1. The molecule has 5 rings (SSSR count). The van der Waals surface area contributed by atoms with Crippen molar-refractivity contribution in [3.8, 4) is 11.1 Å². The summed E-state index contributed by atoms with van der Waals surface area (Å²) in [5.41, 5.74) is 3.02. The average molecular weight is 595 g/mol. The zero-order valence-electron chi connectivity index (χ0n) is 23.0. The molecule has 2 N–H and O–H groups in total. The zero-order chi connectivity index (χ0) is 30.0. The minimum atomic E-state index is -0.889. The highest BCUT2D eigenvalue weighted by atomic mass is 35.5. The van der Waals surface area contributed by atoms with Crippen LogP contribution in [0.15, 0.2) is 54.7 Å². The molecule has 3 aromatic rings. The minimum absolute atomic E-state index is 0.176. The molecule has 2 atom stereocenters. The molecule has 2 aromatic carbocycles. The van der Waals surface area contributed by atoms with Crippen molar-refractivity contribution in [1.82, 2.24) is 9.88 Å². The van der Waals surface area contributed by atoms with E-state index in [0.717, 1.165) is 17.7 Å². The molecule has 0 aliphatic carbocycles. The van der Waals surface area contributed by atoms with Gasteiger partial charge in [-0.25, -0.2) is 13.6 Å². The second-order valence-electron chi connectivity index (χ2n) is 10.4. The smallest absolute Gasteiger partial charge is 0.411 e. The molecule has 0 saturated heterocycles. The highest BCUT2D eigenvalue weighted by Crippen LogP contribution is 2.38. The number of pyridine rings is 1. The Kier molecular flexibility index (Phi) is 8.54. The minimum Gasteiger partial charge on any atom is -0.453 e. The predicted molar refractivity (Wildman–Crippen MR) is 156 cm³/mol. The monoisotopic (exact) mass is 594 g/mol. The van der Waals surface area contributed by atoms with Crippen molar-refractivity contribution in [1.29, 1.82) is 0 Å². The first kappa shape index (κ1) is 29.2. The van der Waals surface area contributed by atoms with Crippen LogP contribution in [0.4, 0.5) is 25.0 Å². The number of hydrogen-bond acceptors (Lipinski definition) is 5. The van der Waals surface area contributed by atoms with Crippen LogP contribution in [-0.4, -0.2) is 41.4 Å². The number of nitrogens with zero attached hydrogens (tertiary/aromatic N) is 2. The summed E-state index contributed by atoms with van der Waals surface area (Å²) in [4.78, 5) is 44.6. The third kappa shape index (κ3) is 5.99. The molecule has 0 radical (unpaired) electrons. The number of fused-ring (bicyclic) bond motifs is 4. The lowest BCUT2D eigenvalue weighted by Gasteiger charge is -2.34. The van der Waals surface area contributed by atoms with Gasteiger partial charge in [-0.1, -0.05) is 31.0 Å². The van der Waals surface area contributed by atoms with Gasteiger partial charge >= 0.3 is 6.09 Å². The van der Waals surface area contributed by atoms with Crippen LogP contribution in [0.25, 0.3) is 16.7 Å². The van der Waals surface area contributed by atoms with Crippen molar-refractivity contribution >= 4 is 46.5 Å². The lowest BCUT2D eigenvalue weighted by atomic mass is 9.92. The van der Waals surface area contributed by atoms with Gasteiger partial charge in [0.2, 0.25) is 11.8 Å². The summed E-state index contributed by atoms with van der Waals surface area (Å²) >= 11 is 5.89. The van der Waals surface area contributed by atoms with Gasteiger partial charge in [0.1, 0.15) is 5.82 Å². The van der Waals surface area contributed by atoms with Crippen LogP contribution < -0.4 is 10.6 Å². The molecule has 0 spiro atoms. The van der Waals surface area contributed by atoms with E-state index in [-0.39, 0.29) is 46.9 Å². The van der Waals surface area contributed by atoms with Gasteiger partial charge < -0.3 is 15.0 Å². The quantitative estimate of drug-likeness (QED) is 0.319. The number of hydrogen-bond donors (Lipinski definition) is 2. The number of ether oxygens (including phenoxy) is 1. The average Bonchev–Trinajstić information content (AvgIpc) is 2.97. The van der Waals surface area contributed by atoms with Gasteiger partial charge in [0, 0.05) is 36.0 Å². The van der Waals surface area contributed by atoms with Crippen molar-refractivity contribution in [2.75, 3.05) is 24.3 Å². The summed E-state index contributed by atoms with van der Waals surface area (Å²) in [6.45, 7) is 2.06. The predicted octanol–water partition coefficient (Wildman–Crippen LogP) is 6.97. The summed E-state index contributed by atoms with van der Waals surface area (Å²) in [5, 5.41) is 5.39. The fraction of sp³-hybridized carbons (Fsp3) is 0.290. The largest absolute Gasteiger partial charge is 0.453 e. The highest BCUT2D eigenvalue weighted by Gasteiger charge is 2.31. The van der Waals surface area contributed by atoms with E-state index < -0.39 is 23.8 Å². The molecule has 8 nitrogen and oxygen atoms in total. The van der Waals surface area contributed by atoms with Crippen molar-refractivity contribution in [2.24, 2.45) is 5.92 Å². The van der Waals surface area contributed by atoms with Crippen LogP contribution in [0.1, 0.15) is 49.9 Å². The first-order chi connectivity index (χ1) is 20.2. The molecule has 11 heteroatoms. The van der Waals surface area contributed by atoms with E-state index in [0.29, 0.717) is 41.9 Å². The number of benzene rings is 2. The molecular formula is C31H29ClF2N4O4. The number of nitrogens with one attached hydrogen (secondary N) is 2. The van der Waals surface area contributed by atoms with Crippen molar-refractivity contribution in [2.45, 2.75) is 38.6 Å². The molecule has 3 amide bonds. The fourth-order valence-electron chi connectivity index (χ4n) is 5.40. The third-order valence-corrected chi connectivity index (χ3v) is 7.94. The molecule has 42 heavy (non-hydrogen) atoms. The normalized spacial score (nSPS) is 19.1. The van der Waals surface area contributed by atoms with Crippen LogP contribution in [-0.2, 0) is 14.3 Å². The second kappa shape index (κ2) is 12.3. The molecule has 2 aliphatic heterocycles. The maximum atomic E-state index is 14.7. The molecule has 2 bridgehead atoms. The van der Waals surface area contributed by atoms with Crippen LogP contribution in [0.3, 0.4) is 0 Å². The second-order valence-corrected chi connectivity index (χ2v) is 10.8. The summed E-state index contributed by atoms with van der Waals surface area (Å²) in [7, 11) is 1.26. The van der Waals surface area contributed by atoms with Crippen LogP contribution in [0.2, 0.25) is 5.02 Å². The molecular weight excluding hydrogens is 566 g/mol. The molecule has 1 unspecified atom stereocenters. The maximum absolute atomic E-state index is 14.7. The van der Waals surface area contributed by atoms with Gasteiger partial charge in [0.25, 0.3) is 0 Å². The maximum Gasteiger partial charge on any atom is 0.411 e. The molecule has 1 aromatic heterocycles. The Morgan fingerprint density at radius 3 is 2.71 bits per heavy atom. The van der Waals surface area contributed by atoms with E-state index >= 15 is 0 Å². The Morgan fingerprint density at radius 2 is 1.95 bits per heavy atom. The first-order valence-electron chi connectivity index (χ1n) is 13.6. The Labute approximate surface area is 246 Å². The molecule has 218 valence electrons. The van der Waals surface area contributed by atoms with E-state index in [1.165, 1.54) is 13.2 Å². The van der Waals surface area contributed by atoms with E-state index in [4.69, 9.17) is 11.6 Å². The van der Waals surface area contributed by atoms with Crippen molar-refractivity contribution in [3.63, 3.8) is 0 Å². The van der Waals surface area contributed by atoms with E-state index in [1.54, 1.807) is 35.4 Å². The number of amides is 3. The number of anilines is 2. The summed E-state index contributed by atoms with van der Waals surface area (Å²) in [6.07, 6.45) is 4.22. The number of aromatic nitrogens is 1. The van der Waals surface area contributed by atoms with E-state index in [1.807, 2.05) is 13.0 Å². The molecule has 0 saturated carbocycles. The van der Waals surface area contributed by atoms with Gasteiger partial charge in [-0.15, -0.1) is 0 Å². The number of carbonyl (C=O) groups is 3. The standard InChI is InChI=1S/C31H29ClF2N4O4/c1-17-4-3-5-26(38-13-11-19(15-27(38)39)28-23(33)9-8-22(32)29(28)34)25-14-18(10-12-35-25)21-7-6-20(36-31(41)42-2)16-24(21)37-30(17)40/h6-10,12,14-17,26H,3-5,11,13H2,1-2H3,(H,36,41)(H,37,40)/t17-,26?/m1/s1. The Bertz CT molecular complexity index is 1600. The summed E-state index contributed by atoms with van der Waals surface area (Å²) in [5.74, 6) is -2.56. The van der Waals surface area contributed by atoms with Gasteiger partial charge in [-0.05, 0) is 66.8 Å². The number of rotatable bonds is 3. The van der Waals surface area contributed by atoms with Gasteiger partial charge in [0.05, 0.1) is 35.1 Å². The third-order valence-electron chi connectivity index (χ3n) is 7.65.